The lowest BCUT2D eigenvalue weighted by atomic mass is 9.76. The van der Waals surface area contributed by atoms with Crippen molar-refractivity contribution >= 4 is 23.2 Å². The minimum atomic E-state index is -5.23. The Labute approximate surface area is 198 Å². The van der Waals surface area contributed by atoms with E-state index in [1.54, 1.807) is 38.1 Å². The zero-order valence-electron chi connectivity index (χ0n) is 18.4. The van der Waals surface area contributed by atoms with E-state index in [4.69, 9.17) is 23.2 Å². The Hall–Kier alpha value is -1.51. The SMILES string of the molecule is CC.CC(C)(CCC(O)(Cc1cc(C(F)(F)F)cc(Cl)c1F)C(F)(F)F)c1cccc(Cl)c1. The van der Waals surface area contributed by atoms with Gasteiger partial charge in [0.2, 0.25) is 0 Å². The van der Waals surface area contributed by atoms with E-state index in [0.717, 1.165) is 0 Å². The van der Waals surface area contributed by atoms with Crippen molar-refractivity contribution in [2.45, 2.75) is 70.3 Å². The summed E-state index contributed by atoms with van der Waals surface area (Å²) in [5.41, 5.74) is -6.11. The number of benzene rings is 2. The molecular weight excluding hydrogens is 496 g/mol. The Morgan fingerprint density at radius 2 is 1.42 bits per heavy atom. The van der Waals surface area contributed by atoms with Crippen LogP contribution in [-0.2, 0) is 18.0 Å². The summed E-state index contributed by atoms with van der Waals surface area (Å²) in [6.07, 6.45) is -12.7. The Bertz CT molecular complexity index is 939. The quantitative estimate of drug-likeness (QED) is 0.377. The molecular formula is C23H25Cl2F7O. The van der Waals surface area contributed by atoms with Crippen LogP contribution >= 0.6 is 23.2 Å². The van der Waals surface area contributed by atoms with Gasteiger partial charge in [0.15, 0.2) is 5.60 Å². The predicted molar refractivity (Wildman–Crippen MR) is 116 cm³/mol. The Morgan fingerprint density at radius 3 is 1.91 bits per heavy atom. The molecule has 0 bridgehead atoms. The predicted octanol–water partition coefficient (Wildman–Crippen LogP) is 8.77. The summed E-state index contributed by atoms with van der Waals surface area (Å²) < 4.78 is 94.5. The highest BCUT2D eigenvalue weighted by Gasteiger charge is 2.54. The lowest BCUT2D eigenvalue weighted by Gasteiger charge is -2.35. The second-order valence-corrected chi connectivity index (χ2v) is 8.87. The molecule has 0 aromatic heterocycles. The Balaban J connectivity index is 0.00000265. The summed E-state index contributed by atoms with van der Waals surface area (Å²) >= 11 is 11.4. The summed E-state index contributed by atoms with van der Waals surface area (Å²) in [5.74, 6) is -1.44. The van der Waals surface area contributed by atoms with Crippen LogP contribution in [0, 0.1) is 5.82 Å². The van der Waals surface area contributed by atoms with E-state index >= 15 is 0 Å². The Kier molecular flexibility index (Phi) is 9.69. The van der Waals surface area contributed by atoms with Gasteiger partial charge in [-0.3, -0.25) is 0 Å². The van der Waals surface area contributed by atoms with E-state index in [0.29, 0.717) is 10.6 Å². The molecule has 2 rings (SSSR count). The van der Waals surface area contributed by atoms with E-state index in [9.17, 15) is 35.8 Å². The molecule has 0 heterocycles. The highest BCUT2D eigenvalue weighted by molar-refractivity contribution is 6.31. The third-order valence-corrected chi connectivity index (χ3v) is 5.72. The Morgan fingerprint density at radius 1 is 0.848 bits per heavy atom. The number of hydrogen-bond donors (Lipinski definition) is 1. The smallest absolute Gasteiger partial charge is 0.380 e. The third-order valence-electron chi connectivity index (χ3n) is 5.21. The first kappa shape index (κ1) is 29.5. The molecule has 0 radical (unpaired) electrons. The molecule has 0 fully saturated rings. The standard InChI is InChI=1S/C21H19Cl2F7O.C2H6/c1-18(2,13-4-3-5-15(22)9-13)6-7-19(31,21(28,29)30)11-12-8-14(20(25,26)27)10-16(23)17(12)24;1-2/h3-5,8-10,31H,6-7,11H2,1-2H3;1-2H3. The molecule has 1 atom stereocenters. The van der Waals surface area contributed by atoms with Crippen LogP contribution in [0.1, 0.15) is 57.2 Å². The van der Waals surface area contributed by atoms with Gasteiger partial charge in [-0.15, -0.1) is 0 Å². The van der Waals surface area contributed by atoms with Crippen LogP contribution in [0.3, 0.4) is 0 Å². The molecule has 1 nitrogen and oxygen atoms in total. The molecule has 2 aromatic rings. The third kappa shape index (κ3) is 7.49. The second-order valence-electron chi connectivity index (χ2n) is 8.03. The van der Waals surface area contributed by atoms with Crippen molar-refractivity contribution in [1.29, 1.82) is 0 Å². The number of hydrogen-bond acceptors (Lipinski definition) is 1. The zero-order valence-corrected chi connectivity index (χ0v) is 19.9. The van der Waals surface area contributed by atoms with Crippen molar-refractivity contribution in [2.75, 3.05) is 0 Å². The van der Waals surface area contributed by atoms with Crippen LogP contribution in [0.4, 0.5) is 30.7 Å². The highest BCUT2D eigenvalue weighted by Crippen LogP contribution is 2.42. The molecule has 33 heavy (non-hydrogen) atoms. The van der Waals surface area contributed by atoms with Crippen LogP contribution in [0.5, 0.6) is 0 Å². The fourth-order valence-electron chi connectivity index (χ4n) is 3.16. The molecule has 0 saturated heterocycles. The molecule has 0 aliphatic carbocycles. The van der Waals surface area contributed by atoms with Gasteiger partial charge < -0.3 is 5.11 Å². The van der Waals surface area contributed by atoms with Crippen LogP contribution in [-0.4, -0.2) is 16.9 Å². The average molecular weight is 521 g/mol. The van der Waals surface area contributed by atoms with Gasteiger partial charge in [0.05, 0.1) is 10.6 Å². The molecule has 2 aromatic carbocycles. The monoisotopic (exact) mass is 520 g/mol. The van der Waals surface area contributed by atoms with Crippen molar-refractivity contribution < 1.29 is 35.8 Å². The van der Waals surface area contributed by atoms with E-state index in [2.05, 4.69) is 0 Å². The molecule has 0 aliphatic heterocycles. The van der Waals surface area contributed by atoms with E-state index < -0.39 is 58.2 Å². The first-order valence-electron chi connectivity index (χ1n) is 10.1. The van der Waals surface area contributed by atoms with Crippen LogP contribution in [0.2, 0.25) is 10.0 Å². The highest BCUT2D eigenvalue weighted by atomic mass is 35.5. The minimum absolute atomic E-state index is 0.211. The summed E-state index contributed by atoms with van der Waals surface area (Å²) in [6.45, 7) is 7.27. The van der Waals surface area contributed by atoms with Crippen LogP contribution < -0.4 is 0 Å². The van der Waals surface area contributed by atoms with Gasteiger partial charge in [-0.25, -0.2) is 4.39 Å². The summed E-state index contributed by atoms with van der Waals surface area (Å²) in [6, 6.07) is 6.96. The van der Waals surface area contributed by atoms with Crippen molar-refractivity contribution in [1.82, 2.24) is 0 Å². The first-order valence-corrected chi connectivity index (χ1v) is 10.8. The van der Waals surface area contributed by atoms with Crippen molar-refractivity contribution in [3.63, 3.8) is 0 Å². The zero-order chi connectivity index (χ0) is 25.8. The molecule has 0 spiro atoms. The van der Waals surface area contributed by atoms with Crippen molar-refractivity contribution in [3.05, 3.63) is 69.0 Å². The second kappa shape index (κ2) is 10.8. The molecule has 0 amide bonds. The topological polar surface area (TPSA) is 20.2 Å². The van der Waals surface area contributed by atoms with Crippen LogP contribution in [0.25, 0.3) is 0 Å². The van der Waals surface area contributed by atoms with E-state index in [1.807, 2.05) is 13.8 Å². The maximum Gasteiger partial charge on any atom is 0.417 e. The largest absolute Gasteiger partial charge is 0.417 e. The van der Waals surface area contributed by atoms with E-state index in [1.165, 1.54) is 0 Å². The minimum Gasteiger partial charge on any atom is -0.380 e. The van der Waals surface area contributed by atoms with Gasteiger partial charge in [0, 0.05) is 11.4 Å². The molecule has 1 N–H and O–H groups in total. The number of aliphatic hydroxyl groups is 1. The van der Waals surface area contributed by atoms with Gasteiger partial charge >= 0.3 is 12.4 Å². The van der Waals surface area contributed by atoms with Gasteiger partial charge in [-0.2, -0.15) is 26.3 Å². The summed E-state index contributed by atoms with van der Waals surface area (Å²) in [5, 5.41) is 9.83. The fraction of sp³-hybridized carbons (Fsp3) is 0.478. The number of rotatable bonds is 6. The lowest BCUT2D eigenvalue weighted by Crippen LogP contribution is -2.48. The molecule has 186 valence electrons. The molecule has 0 aliphatic rings. The van der Waals surface area contributed by atoms with Crippen LogP contribution in [0.15, 0.2) is 36.4 Å². The molecule has 0 saturated carbocycles. The van der Waals surface area contributed by atoms with Gasteiger partial charge in [0.25, 0.3) is 0 Å². The lowest BCUT2D eigenvalue weighted by molar-refractivity contribution is -0.263. The molecule has 10 heteroatoms. The van der Waals surface area contributed by atoms with Crippen molar-refractivity contribution in [3.8, 4) is 0 Å². The first-order chi connectivity index (χ1) is 15.0. The van der Waals surface area contributed by atoms with Gasteiger partial charge in [-0.05, 0) is 53.6 Å². The van der Waals surface area contributed by atoms with Gasteiger partial charge in [-0.1, -0.05) is 63.0 Å². The summed E-state index contributed by atoms with van der Waals surface area (Å²) in [7, 11) is 0. The van der Waals surface area contributed by atoms with Gasteiger partial charge in [0.1, 0.15) is 5.82 Å². The summed E-state index contributed by atoms with van der Waals surface area (Å²) in [4.78, 5) is 0. The maximum atomic E-state index is 14.3. The fourth-order valence-corrected chi connectivity index (χ4v) is 3.59. The number of halogens is 9. The van der Waals surface area contributed by atoms with Crippen molar-refractivity contribution in [2.24, 2.45) is 0 Å². The molecule has 1 unspecified atom stereocenters. The van der Waals surface area contributed by atoms with E-state index in [-0.39, 0.29) is 18.6 Å². The average Bonchev–Trinajstić information content (AvgIpc) is 2.70. The normalized spacial score (nSPS) is 14.4. The number of alkyl halides is 6. The maximum absolute atomic E-state index is 14.3.